The van der Waals surface area contributed by atoms with Crippen LogP contribution in [0.1, 0.15) is 23.2 Å². The third kappa shape index (κ3) is 4.60. The number of ether oxygens (including phenoxy) is 3. The fourth-order valence-electron chi connectivity index (χ4n) is 4.08. The fraction of sp³-hybridized carbons (Fsp3) is 0.435. The van der Waals surface area contributed by atoms with Crippen molar-refractivity contribution >= 4 is 21.6 Å². The third-order valence-corrected chi connectivity index (χ3v) is 7.82. The van der Waals surface area contributed by atoms with Gasteiger partial charge in [-0.25, -0.2) is 8.42 Å². The van der Waals surface area contributed by atoms with Crippen LogP contribution < -0.4 is 9.04 Å². The first kappa shape index (κ1) is 22.6. The summed E-state index contributed by atoms with van der Waals surface area (Å²) in [5.74, 6) is 0.759. The second-order valence-corrected chi connectivity index (χ2v) is 9.91. The Bertz CT molecular complexity index is 1040. The van der Waals surface area contributed by atoms with Crippen molar-refractivity contribution in [3.63, 3.8) is 0 Å². The van der Waals surface area contributed by atoms with Crippen molar-refractivity contribution in [1.29, 1.82) is 0 Å². The molecule has 0 aliphatic carbocycles. The van der Waals surface area contributed by atoms with Gasteiger partial charge < -0.3 is 19.1 Å². The lowest BCUT2D eigenvalue weighted by Gasteiger charge is -2.34. The number of rotatable bonds is 6. The van der Waals surface area contributed by atoms with E-state index in [9.17, 15) is 13.2 Å². The van der Waals surface area contributed by atoms with Crippen molar-refractivity contribution in [2.45, 2.75) is 24.0 Å². The predicted octanol–water partition coefficient (Wildman–Crippen LogP) is 2.75. The van der Waals surface area contributed by atoms with Gasteiger partial charge in [-0.3, -0.25) is 9.10 Å². The molecular weight excluding hydrogens is 432 g/mol. The summed E-state index contributed by atoms with van der Waals surface area (Å²) in [4.78, 5) is 14.9. The molecule has 2 aromatic rings. The number of methoxy groups -OCH3 is 1. The van der Waals surface area contributed by atoms with Crippen LogP contribution in [0.4, 0.5) is 5.69 Å². The van der Waals surface area contributed by atoms with Gasteiger partial charge in [0.1, 0.15) is 5.75 Å². The lowest BCUT2D eigenvalue weighted by atomic mass is 9.95. The lowest BCUT2D eigenvalue weighted by Crippen LogP contribution is -2.41. The topological polar surface area (TPSA) is 85.4 Å². The summed E-state index contributed by atoms with van der Waals surface area (Å²) in [7, 11) is -0.787. The van der Waals surface area contributed by atoms with E-state index in [0.29, 0.717) is 43.3 Å². The standard InChI is InChI=1S/C23H28N2O6S/c1-24(19-6-8-20(29-2)9-7-19)32(27,28)21-5-3-4-18(16-21)22(26)25-12-10-17(11-13-25)23-30-14-15-31-23/h3-9,16-17,23H,10-15H2,1-2H3. The van der Waals surface area contributed by atoms with E-state index in [1.807, 2.05) is 0 Å². The smallest absolute Gasteiger partial charge is 0.264 e. The Labute approximate surface area is 188 Å². The van der Waals surface area contributed by atoms with Crippen LogP contribution in [0.3, 0.4) is 0 Å². The van der Waals surface area contributed by atoms with E-state index in [-0.39, 0.29) is 23.0 Å². The molecule has 2 fully saturated rings. The Hall–Kier alpha value is -2.62. The van der Waals surface area contributed by atoms with E-state index < -0.39 is 10.0 Å². The molecule has 2 saturated heterocycles. The number of benzene rings is 2. The zero-order chi connectivity index (χ0) is 22.7. The van der Waals surface area contributed by atoms with Crippen molar-refractivity contribution in [2.75, 3.05) is 44.8 Å². The van der Waals surface area contributed by atoms with Crippen molar-refractivity contribution in [1.82, 2.24) is 4.90 Å². The molecule has 1 amide bonds. The molecule has 0 unspecified atom stereocenters. The maximum absolute atomic E-state index is 13.2. The van der Waals surface area contributed by atoms with Gasteiger partial charge in [-0.1, -0.05) is 6.07 Å². The minimum absolute atomic E-state index is 0.0734. The number of hydrogen-bond acceptors (Lipinski definition) is 6. The van der Waals surface area contributed by atoms with Crippen molar-refractivity contribution in [3.05, 3.63) is 54.1 Å². The number of hydrogen-bond donors (Lipinski definition) is 0. The summed E-state index contributed by atoms with van der Waals surface area (Å²) in [6.07, 6.45) is 1.43. The van der Waals surface area contributed by atoms with Crippen LogP contribution in [-0.2, 0) is 19.5 Å². The van der Waals surface area contributed by atoms with Gasteiger partial charge in [-0.05, 0) is 55.3 Å². The van der Waals surface area contributed by atoms with E-state index >= 15 is 0 Å². The van der Waals surface area contributed by atoms with Gasteiger partial charge in [0, 0.05) is 31.6 Å². The van der Waals surface area contributed by atoms with Crippen molar-refractivity contribution in [2.24, 2.45) is 5.92 Å². The maximum Gasteiger partial charge on any atom is 0.264 e. The molecule has 4 rings (SSSR count). The quantitative estimate of drug-likeness (QED) is 0.659. The second-order valence-electron chi connectivity index (χ2n) is 7.94. The molecule has 0 saturated carbocycles. The first-order chi connectivity index (χ1) is 15.4. The normalized spacial score (nSPS) is 18.0. The lowest BCUT2D eigenvalue weighted by molar-refractivity contribution is -0.0956. The van der Waals surface area contributed by atoms with Crippen LogP contribution in [0.25, 0.3) is 0 Å². The van der Waals surface area contributed by atoms with Crippen LogP contribution >= 0.6 is 0 Å². The number of amides is 1. The summed E-state index contributed by atoms with van der Waals surface area (Å²) in [6, 6.07) is 13.0. The van der Waals surface area contributed by atoms with Crippen LogP contribution in [-0.4, -0.2) is 66.0 Å². The molecule has 0 N–H and O–H groups in total. The summed E-state index contributed by atoms with van der Waals surface area (Å²) in [6.45, 7) is 2.43. The predicted molar refractivity (Wildman–Crippen MR) is 119 cm³/mol. The van der Waals surface area contributed by atoms with E-state index in [1.165, 1.54) is 23.5 Å². The molecule has 2 aliphatic heterocycles. The highest BCUT2D eigenvalue weighted by molar-refractivity contribution is 7.92. The number of sulfonamides is 1. The molecule has 32 heavy (non-hydrogen) atoms. The first-order valence-corrected chi connectivity index (χ1v) is 12.1. The third-order valence-electron chi connectivity index (χ3n) is 6.03. The molecule has 9 heteroatoms. The molecule has 172 valence electrons. The Morgan fingerprint density at radius 3 is 2.34 bits per heavy atom. The second kappa shape index (κ2) is 9.48. The average Bonchev–Trinajstić information content (AvgIpc) is 3.38. The van der Waals surface area contributed by atoms with E-state index in [1.54, 1.807) is 48.4 Å². The first-order valence-electron chi connectivity index (χ1n) is 10.7. The van der Waals surface area contributed by atoms with Gasteiger partial charge in [0.2, 0.25) is 0 Å². The SMILES string of the molecule is COc1ccc(N(C)S(=O)(=O)c2cccc(C(=O)N3CCC(C4OCCO4)CC3)c2)cc1. The van der Waals surface area contributed by atoms with Gasteiger partial charge >= 0.3 is 0 Å². The van der Waals surface area contributed by atoms with Crippen LogP contribution in [0.5, 0.6) is 5.75 Å². The van der Waals surface area contributed by atoms with Gasteiger partial charge in [-0.15, -0.1) is 0 Å². The zero-order valence-corrected chi connectivity index (χ0v) is 19.1. The Morgan fingerprint density at radius 1 is 1.06 bits per heavy atom. The minimum atomic E-state index is -3.83. The summed E-state index contributed by atoms with van der Waals surface area (Å²) >= 11 is 0. The van der Waals surface area contributed by atoms with Gasteiger partial charge in [0.05, 0.1) is 30.9 Å². The average molecular weight is 461 g/mol. The number of anilines is 1. The highest BCUT2D eigenvalue weighted by Crippen LogP contribution is 2.28. The van der Waals surface area contributed by atoms with E-state index in [0.717, 1.165) is 12.8 Å². The molecule has 2 aliphatic rings. The summed E-state index contributed by atoms with van der Waals surface area (Å²) in [5, 5.41) is 0. The van der Waals surface area contributed by atoms with Gasteiger partial charge in [-0.2, -0.15) is 0 Å². The maximum atomic E-state index is 13.2. The molecular formula is C23H28N2O6S. The molecule has 2 heterocycles. The largest absolute Gasteiger partial charge is 0.497 e. The molecule has 2 aromatic carbocycles. The number of carbonyl (C=O) groups is 1. The highest BCUT2D eigenvalue weighted by Gasteiger charge is 2.32. The molecule has 0 bridgehead atoms. The Morgan fingerprint density at radius 2 is 1.72 bits per heavy atom. The highest BCUT2D eigenvalue weighted by atomic mass is 32.2. The fourth-order valence-corrected chi connectivity index (χ4v) is 5.33. The minimum Gasteiger partial charge on any atom is -0.497 e. The van der Waals surface area contributed by atoms with Gasteiger partial charge in [0.25, 0.3) is 15.9 Å². The van der Waals surface area contributed by atoms with Gasteiger partial charge in [0.15, 0.2) is 6.29 Å². The number of likely N-dealkylation sites (tertiary alicyclic amines) is 1. The number of piperidine rings is 1. The zero-order valence-electron chi connectivity index (χ0n) is 18.3. The molecule has 8 nitrogen and oxygen atoms in total. The number of nitrogens with zero attached hydrogens (tertiary/aromatic N) is 2. The Kier molecular flexibility index (Phi) is 6.68. The molecule has 0 radical (unpaired) electrons. The molecule has 0 spiro atoms. The van der Waals surface area contributed by atoms with Crippen LogP contribution in [0, 0.1) is 5.92 Å². The monoisotopic (exact) mass is 460 g/mol. The van der Waals surface area contributed by atoms with Crippen molar-refractivity contribution in [3.8, 4) is 5.75 Å². The summed E-state index contributed by atoms with van der Waals surface area (Å²) < 4.78 is 43.9. The Balaban J connectivity index is 1.46. The van der Waals surface area contributed by atoms with Crippen LogP contribution in [0.2, 0.25) is 0 Å². The van der Waals surface area contributed by atoms with Crippen LogP contribution in [0.15, 0.2) is 53.4 Å². The number of carbonyl (C=O) groups excluding carboxylic acids is 1. The molecule has 0 atom stereocenters. The van der Waals surface area contributed by atoms with E-state index in [4.69, 9.17) is 14.2 Å². The summed E-state index contributed by atoms with van der Waals surface area (Å²) in [5.41, 5.74) is 0.863. The van der Waals surface area contributed by atoms with Crippen molar-refractivity contribution < 1.29 is 27.4 Å². The van der Waals surface area contributed by atoms with E-state index in [2.05, 4.69) is 0 Å². The molecule has 0 aromatic heterocycles.